The second-order valence-electron chi connectivity index (χ2n) is 8.85. The summed E-state index contributed by atoms with van der Waals surface area (Å²) in [6.07, 6.45) is 0.766. The van der Waals surface area contributed by atoms with Gasteiger partial charge in [-0.25, -0.2) is 5.01 Å². The minimum Gasteiger partial charge on any atom is -0.326 e. The average Bonchev–Trinajstić information content (AvgIpc) is 3.46. The van der Waals surface area contributed by atoms with Gasteiger partial charge in [-0.3, -0.25) is 9.59 Å². The molecule has 6 nitrogen and oxygen atoms in total. The number of hydrogen-bond acceptors (Lipinski definition) is 5. The Morgan fingerprint density at radius 3 is 2.31 bits per heavy atom. The Bertz CT molecular complexity index is 1300. The van der Waals surface area contributed by atoms with E-state index in [4.69, 9.17) is 5.10 Å². The molecule has 0 aliphatic carbocycles. The standard InChI is InChI=1S/C28H26N4O2S/c1-18-8-12-20(13-9-18)23-16-24(21-6-4-3-5-7-21)32(31-23)28-30-27(34)25(35-28)17-26(33)29-22-14-10-19(2)11-15-22/h3-15,24-25H,16-17H2,1-2H3,(H,29,33). The van der Waals surface area contributed by atoms with E-state index in [1.807, 2.05) is 54.4 Å². The molecule has 2 amide bonds. The molecule has 0 aromatic heterocycles. The molecule has 2 aliphatic heterocycles. The summed E-state index contributed by atoms with van der Waals surface area (Å²) in [5, 5.41) is 9.60. The third-order valence-electron chi connectivity index (χ3n) is 6.11. The molecule has 35 heavy (non-hydrogen) atoms. The van der Waals surface area contributed by atoms with Crippen LogP contribution in [0.5, 0.6) is 0 Å². The predicted octanol–water partition coefficient (Wildman–Crippen LogP) is 5.48. The summed E-state index contributed by atoms with van der Waals surface area (Å²) in [5.41, 5.74) is 6.14. The van der Waals surface area contributed by atoms with Gasteiger partial charge in [0.2, 0.25) is 5.91 Å². The Hall–Kier alpha value is -3.71. The zero-order valence-corrected chi connectivity index (χ0v) is 20.5. The van der Waals surface area contributed by atoms with Crippen LogP contribution in [0.4, 0.5) is 5.69 Å². The number of amides is 2. The lowest BCUT2D eigenvalue weighted by Crippen LogP contribution is -2.25. The van der Waals surface area contributed by atoms with Crippen LogP contribution in [0.3, 0.4) is 0 Å². The van der Waals surface area contributed by atoms with Crippen LogP contribution < -0.4 is 5.32 Å². The van der Waals surface area contributed by atoms with Crippen LogP contribution in [-0.4, -0.2) is 33.0 Å². The minimum atomic E-state index is -0.564. The molecule has 0 radical (unpaired) electrons. The minimum absolute atomic E-state index is 0.0583. The molecule has 0 saturated carbocycles. The van der Waals surface area contributed by atoms with Gasteiger partial charge in [0.25, 0.3) is 5.91 Å². The van der Waals surface area contributed by atoms with Crippen molar-refractivity contribution >= 4 is 40.1 Å². The first-order valence-electron chi connectivity index (χ1n) is 11.6. The summed E-state index contributed by atoms with van der Waals surface area (Å²) in [6, 6.07) is 26.0. The molecule has 7 heteroatoms. The number of hydrogen-bond donors (Lipinski definition) is 1. The highest BCUT2D eigenvalue weighted by atomic mass is 32.2. The van der Waals surface area contributed by atoms with Crippen molar-refractivity contribution in [1.29, 1.82) is 0 Å². The SMILES string of the molecule is Cc1ccc(NC(=O)CC2SC(N3N=C(c4ccc(C)cc4)CC3c3ccccc3)=NC2=O)cc1. The van der Waals surface area contributed by atoms with Gasteiger partial charge in [-0.15, -0.1) is 0 Å². The van der Waals surface area contributed by atoms with Crippen molar-refractivity contribution in [3.05, 3.63) is 101 Å². The molecule has 176 valence electrons. The highest BCUT2D eigenvalue weighted by Gasteiger charge is 2.39. The smallest absolute Gasteiger partial charge is 0.262 e. The van der Waals surface area contributed by atoms with E-state index in [1.165, 1.54) is 17.3 Å². The normalized spacial score (nSPS) is 19.5. The number of rotatable bonds is 5. The number of thioether (sulfide) groups is 1. The summed E-state index contributed by atoms with van der Waals surface area (Å²) >= 11 is 1.31. The summed E-state index contributed by atoms with van der Waals surface area (Å²) in [5.74, 6) is -0.504. The Kier molecular flexibility index (Phi) is 6.51. The Morgan fingerprint density at radius 2 is 1.63 bits per heavy atom. The number of carbonyl (C=O) groups excluding carboxylic acids is 2. The molecule has 2 unspecified atom stereocenters. The van der Waals surface area contributed by atoms with Crippen molar-refractivity contribution < 1.29 is 9.59 Å². The van der Waals surface area contributed by atoms with Crippen LogP contribution >= 0.6 is 11.8 Å². The lowest BCUT2D eigenvalue weighted by atomic mass is 9.98. The summed E-state index contributed by atoms with van der Waals surface area (Å²) in [6.45, 7) is 4.05. The molecule has 2 aliphatic rings. The van der Waals surface area contributed by atoms with Crippen molar-refractivity contribution in [2.75, 3.05) is 5.32 Å². The first-order chi connectivity index (χ1) is 17.0. The largest absolute Gasteiger partial charge is 0.326 e. The zero-order chi connectivity index (χ0) is 24.4. The Morgan fingerprint density at radius 1 is 0.971 bits per heavy atom. The molecule has 0 spiro atoms. The van der Waals surface area contributed by atoms with E-state index in [1.54, 1.807) is 0 Å². The molecular formula is C28H26N4O2S. The third kappa shape index (κ3) is 5.20. The molecule has 3 aromatic carbocycles. The molecule has 1 N–H and O–H groups in total. The first kappa shape index (κ1) is 23.1. The van der Waals surface area contributed by atoms with Gasteiger partial charge in [0.05, 0.1) is 11.8 Å². The molecular weight excluding hydrogens is 456 g/mol. The van der Waals surface area contributed by atoms with Gasteiger partial charge in [-0.1, -0.05) is 89.6 Å². The predicted molar refractivity (Wildman–Crippen MR) is 142 cm³/mol. The molecule has 3 aromatic rings. The fourth-order valence-electron chi connectivity index (χ4n) is 4.16. The Labute approximate surface area is 209 Å². The maximum atomic E-state index is 12.7. The highest BCUT2D eigenvalue weighted by molar-refractivity contribution is 8.15. The third-order valence-corrected chi connectivity index (χ3v) is 7.25. The topological polar surface area (TPSA) is 74.1 Å². The lowest BCUT2D eigenvalue weighted by molar-refractivity contribution is -0.121. The van der Waals surface area contributed by atoms with E-state index in [0.717, 1.165) is 22.4 Å². The maximum Gasteiger partial charge on any atom is 0.262 e. The molecule has 0 fully saturated rings. The Balaban J connectivity index is 1.33. The highest BCUT2D eigenvalue weighted by Crippen LogP contribution is 2.38. The number of hydrazone groups is 1. The van der Waals surface area contributed by atoms with Crippen LogP contribution in [0.1, 0.15) is 41.1 Å². The van der Waals surface area contributed by atoms with Crippen LogP contribution in [0.15, 0.2) is 89.0 Å². The summed E-state index contributed by atoms with van der Waals surface area (Å²) in [4.78, 5) is 29.7. The van der Waals surface area contributed by atoms with Crippen molar-refractivity contribution in [2.24, 2.45) is 10.1 Å². The number of amidine groups is 1. The second-order valence-corrected chi connectivity index (χ2v) is 10.0. The van der Waals surface area contributed by atoms with Gasteiger partial charge in [0.15, 0.2) is 5.17 Å². The number of nitrogens with zero attached hydrogens (tertiary/aromatic N) is 3. The molecule has 0 bridgehead atoms. The maximum absolute atomic E-state index is 12.7. The van der Waals surface area contributed by atoms with E-state index < -0.39 is 5.25 Å². The lowest BCUT2D eigenvalue weighted by Gasteiger charge is -2.23. The van der Waals surface area contributed by atoms with Crippen molar-refractivity contribution in [3.8, 4) is 0 Å². The van der Waals surface area contributed by atoms with Crippen LogP contribution in [0.25, 0.3) is 0 Å². The number of benzene rings is 3. The average molecular weight is 483 g/mol. The number of anilines is 1. The summed E-state index contributed by atoms with van der Waals surface area (Å²) < 4.78 is 0. The van der Waals surface area contributed by atoms with Crippen LogP contribution in [-0.2, 0) is 9.59 Å². The van der Waals surface area contributed by atoms with Gasteiger partial charge in [0, 0.05) is 18.5 Å². The molecule has 2 heterocycles. The molecule has 0 saturated heterocycles. The van der Waals surface area contributed by atoms with E-state index in [9.17, 15) is 9.59 Å². The molecule has 5 rings (SSSR count). The quantitative estimate of drug-likeness (QED) is 0.523. The van der Waals surface area contributed by atoms with Crippen molar-refractivity contribution in [2.45, 2.75) is 38.0 Å². The van der Waals surface area contributed by atoms with Gasteiger partial charge in [0.1, 0.15) is 5.25 Å². The first-order valence-corrected chi connectivity index (χ1v) is 12.5. The van der Waals surface area contributed by atoms with Crippen molar-refractivity contribution in [3.63, 3.8) is 0 Å². The van der Waals surface area contributed by atoms with Gasteiger partial charge in [-0.05, 0) is 37.1 Å². The van der Waals surface area contributed by atoms with E-state index in [0.29, 0.717) is 17.3 Å². The summed E-state index contributed by atoms with van der Waals surface area (Å²) in [7, 11) is 0. The number of aryl methyl sites for hydroxylation is 2. The fourth-order valence-corrected chi connectivity index (χ4v) is 5.23. The fraction of sp³-hybridized carbons (Fsp3) is 0.214. The van der Waals surface area contributed by atoms with E-state index in [-0.39, 0.29) is 24.3 Å². The van der Waals surface area contributed by atoms with E-state index in [2.05, 4.69) is 53.6 Å². The number of aliphatic imine (C=N–C) groups is 1. The van der Waals surface area contributed by atoms with Crippen molar-refractivity contribution in [1.82, 2.24) is 5.01 Å². The van der Waals surface area contributed by atoms with E-state index >= 15 is 0 Å². The van der Waals surface area contributed by atoms with Crippen LogP contribution in [0.2, 0.25) is 0 Å². The second kappa shape index (κ2) is 9.88. The van der Waals surface area contributed by atoms with Gasteiger partial charge >= 0.3 is 0 Å². The van der Waals surface area contributed by atoms with Gasteiger partial charge < -0.3 is 5.32 Å². The molecule has 2 atom stereocenters. The van der Waals surface area contributed by atoms with Crippen LogP contribution in [0, 0.1) is 13.8 Å². The number of carbonyl (C=O) groups is 2. The van der Waals surface area contributed by atoms with Gasteiger partial charge in [-0.2, -0.15) is 10.1 Å². The monoisotopic (exact) mass is 482 g/mol. The number of nitrogens with one attached hydrogen (secondary N) is 1. The zero-order valence-electron chi connectivity index (χ0n) is 19.6.